The highest BCUT2D eigenvalue weighted by molar-refractivity contribution is 7.98. The number of alkyl halides is 1. The molecular weight excluding hydrogens is 272 g/mol. The molecule has 0 spiro atoms. The Morgan fingerprint density at radius 2 is 1.79 bits per heavy atom. The molecule has 0 aliphatic heterocycles. The van der Waals surface area contributed by atoms with Gasteiger partial charge in [0, 0.05) is 4.90 Å². The maximum Gasteiger partial charge on any atom is 0.0636 e. The summed E-state index contributed by atoms with van der Waals surface area (Å²) in [6.45, 7) is 4.29. The Hall–Kier alpha value is -0.920. The van der Waals surface area contributed by atoms with Crippen molar-refractivity contribution in [2.24, 2.45) is 0 Å². The number of hydrogen-bond acceptors (Lipinski definition) is 1. The molecule has 0 amide bonds. The molecule has 0 heterocycles. The Labute approximate surface area is 125 Å². The zero-order valence-electron chi connectivity index (χ0n) is 11.6. The lowest BCUT2D eigenvalue weighted by molar-refractivity contribution is 0.895. The van der Waals surface area contributed by atoms with Gasteiger partial charge in [-0.05, 0) is 54.8 Å². The third-order valence-corrected chi connectivity index (χ3v) is 4.66. The van der Waals surface area contributed by atoms with Crippen molar-refractivity contribution in [2.45, 2.75) is 30.5 Å². The van der Waals surface area contributed by atoms with E-state index in [9.17, 15) is 0 Å². The zero-order chi connectivity index (χ0) is 13.8. The first-order valence-corrected chi connectivity index (χ1v) is 8.11. The van der Waals surface area contributed by atoms with Crippen molar-refractivity contribution in [3.8, 4) is 0 Å². The second-order valence-corrected chi connectivity index (χ2v) is 6.21. The summed E-state index contributed by atoms with van der Waals surface area (Å²) in [5.41, 5.74) is 5.20. The normalized spacial score (nSPS) is 12.4. The third-order valence-electron chi connectivity index (χ3n) is 3.46. The molecule has 2 aromatic rings. The van der Waals surface area contributed by atoms with Crippen LogP contribution in [0.15, 0.2) is 47.4 Å². The maximum atomic E-state index is 6.60. The Morgan fingerprint density at radius 3 is 2.47 bits per heavy atom. The van der Waals surface area contributed by atoms with E-state index in [1.165, 1.54) is 27.1 Å². The van der Waals surface area contributed by atoms with Gasteiger partial charge in [-0.25, -0.2) is 0 Å². The Bertz CT molecular complexity index is 563. The van der Waals surface area contributed by atoms with Crippen LogP contribution in [0.25, 0.3) is 0 Å². The van der Waals surface area contributed by atoms with Crippen LogP contribution in [0.3, 0.4) is 0 Å². The van der Waals surface area contributed by atoms with Crippen LogP contribution in [-0.4, -0.2) is 6.26 Å². The Morgan fingerprint density at radius 1 is 1.05 bits per heavy atom. The van der Waals surface area contributed by atoms with Crippen LogP contribution in [0.1, 0.15) is 27.6 Å². The number of halogens is 1. The summed E-state index contributed by atoms with van der Waals surface area (Å²) < 4.78 is 0. The predicted molar refractivity (Wildman–Crippen MR) is 86.4 cm³/mol. The summed E-state index contributed by atoms with van der Waals surface area (Å²) in [7, 11) is 0. The number of aryl methyl sites for hydroxylation is 2. The molecule has 0 nitrogen and oxygen atoms in total. The molecule has 0 bridgehead atoms. The quantitative estimate of drug-likeness (QED) is 0.525. The molecule has 0 saturated heterocycles. The molecule has 2 heteroatoms. The van der Waals surface area contributed by atoms with E-state index < -0.39 is 0 Å². The molecule has 100 valence electrons. The molecule has 1 atom stereocenters. The fourth-order valence-electron chi connectivity index (χ4n) is 2.17. The zero-order valence-corrected chi connectivity index (χ0v) is 13.2. The van der Waals surface area contributed by atoms with Gasteiger partial charge in [0.1, 0.15) is 0 Å². The number of benzene rings is 2. The molecule has 0 saturated carbocycles. The summed E-state index contributed by atoms with van der Waals surface area (Å²) in [4.78, 5) is 1.27. The van der Waals surface area contributed by atoms with Crippen LogP contribution in [0.2, 0.25) is 0 Å². The highest BCUT2D eigenvalue weighted by Crippen LogP contribution is 2.32. The number of thioether (sulfide) groups is 1. The lowest BCUT2D eigenvalue weighted by atomic mass is 10.00. The first-order chi connectivity index (χ1) is 9.11. The van der Waals surface area contributed by atoms with E-state index in [0.29, 0.717) is 0 Å². The molecule has 1 unspecified atom stereocenters. The van der Waals surface area contributed by atoms with E-state index in [2.05, 4.69) is 62.6 Å². The Kier molecular flexibility index (Phi) is 4.95. The van der Waals surface area contributed by atoms with Gasteiger partial charge < -0.3 is 0 Å². The highest BCUT2D eigenvalue weighted by atomic mass is 35.5. The molecule has 2 aromatic carbocycles. The number of hydrogen-bond donors (Lipinski definition) is 0. The molecule has 0 aliphatic carbocycles. The van der Waals surface area contributed by atoms with Gasteiger partial charge in [-0.2, -0.15) is 0 Å². The smallest absolute Gasteiger partial charge is 0.0636 e. The van der Waals surface area contributed by atoms with Crippen molar-refractivity contribution in [3.63, 3.8) is 0 Å². The van der Waals surface area contributed by atoms with Crippen molar-refractivity contribution < 1.29 is 0 Å². The minimum absolute atomic E-state index is 0.0331. The van der Waals surface area contributed by atoms with Gasteiger partial charge in [-0.1, -0.05) is 36.4 Å². The third kappa shape index (κ3) is 3.55. The van der Waals surface area contributed by atoms with Crippen molar-refractivity contribution in [3.05, 3.63) is 64.7 Å². The van der Waals surface area contributed by atoms with Crippen LogP contribution >= 0.6 is 23.4 Å². The molecule has 0 radical (unpaired) electrons. The Balaban J connectivity index is 2.20. The number of rotatable bonds is 4. The fourth-order valence-corrected chi connectivity index (χ4v) is 3.27. The van der Waals surface area contributed by atoms with Crippen LogP contribution in [0.4, 0.5) is 0 Å². The highest BCUT2D eigenvalue weighted by Gasteiger charge is 2.12. The first-order valence-electron chi connectivity index (χ1n) is 6.45. The summed E-state index contributed by atoms with van der Waals surface area (Å²) in [6.07, 6.45) is 2.97. The lowest BCUT2D eigenvalue weighted by Gasteiger charge is -2.14. The second kappa shape index (κ2) is 6.49. The van der Waals surface area contributed by atoms with E-state index in [4.69, 9.17) is 11.6 Å². The van der Waals surface area contributed by atoms with Gasteiger partial charge in [0.2, 0.25) is 0 Å². The molecule has 0 aromatic heterocycles. The lowest BCUT2D eigenvalue weighted by Crippen LogP contribution is -1.98. The van der Waals surface area contributed by atoms with E-state index >= 15 is 0 Å². The van der Waals surface area contributed by atoms with Gasteiger partial charge in [-0.3, -0.25) is 0 Å². The maximum absolute atomic E-state index is 6.60. The van der Waals surface area contributed by atoms with Crippen LogP contribution in [0, 0.1) is 13.8 Å². The SMILES string of the molecule is CSc1ccccc1C(Cl)Cc1ccc(C)c(C)c1. The standard InChI is InChI=1S/C17H19ClS/c1-12-8-9-14(10-13(12)2)11-16(18)15-6-4-5-7-17(15)19-3/h4-10,16H,11H2,1-3H3. The van der Waals surface area contributed by atoms with Gasteiger partial charge in [-0.15, -0.1) is 23.4 Å². The van der Waals surface area contributed by atoms with E-state index in [0.717, 1.165) is 6.42 Å². The molecule has 0 aliphatic rings. The summed E-state index contributed by atoms with van der Waals surface area (Å²) >= 11 is 8.36. The largest absolute Gasteiger partial charge is 0.129 e. The van der Waals surface area contributed by atoms with Gasteiger partial charge in [0.05, 0.1) is 5.38 Å². The monoisotopic (exact) mass is 290 g/mol. The van der Waals surface area contributed by atoms with Crippen molar-refractivity contribution in [1.29, 1.82) is 0 Å². The van der Waals surface area contributed by atoms with Gasteiger partial charge >= 0.3 is 0 Å². The minimum atomic E-state index is 0.0331. The fraction of sp³-hybridized carbons (Fsp3) is 0.294. The van der Waals surface area contributed by atoms with E-state index in [-0.39, 0.29) is 5.38 Å². The van der Waals surface area contributed by atoms with E-state index in [1.807, 2.05) is 0 Å². The van der Waals surface area contributed by atoms with Gasteiger partial charge in [0.15, 0.2) is 0 Å². The van der Waals surface area contributed by atoms with Gasteiger partial charge in [0.25, 0.3) is 0 Å². The molecule has 19 heavy (non-hydrogen) atoms. The van der Waals surface area contributed by atoms with Crippen molar-refractivity contribution in [2.75, 3.05) is 6.26 Å². The summed E-state index contributed by atoms with van der Waals surface area (Å²) in [5.74, 6) is 0. The van der Waals surface area contributed by atoms with Crippen LogP contribution in [0.5, 0.6) is 0 Å². The van der Waals surface area contributed by atoms with Crippen LogP contribution in [-0.2, 0) is 6.42 Å². The molecule has 2 rings (SSSR count). The summed E-state index contributed by atoms with van der Waals surface area (Å²) in [6, 6.07) is 15.0. The second-order valence-electron chi connectivity index (χ2n) is 4.83. The predicted octanol–water partition coefficient (Wildman–Crippen LogP) is 5.55. The van der Waals surface area contributed by atoms with Crippen molar-refractivity contribution >= 4 is 23.4 Å². The molecule has 0 N–H and O–H groups in total. The van der Waals surface area contributed by atoms with Crippen LogP contribution < -0.4 is 0 Å². The first kappa shape index (κ1) is 14.5. The topological polar surface area (TPSA) is 0 Å². The molecular formula is C17H19ClS. The molecule has 0 fully saturated rings. The average Bonchev–Trinajstić information content (AvgIpc) is 2.43. The van der Waals surface area contributed by atoms with Crippen molar-refractivity contribution in [1.82, 2.24) is 0 Å². The minimum Gasteiger partial charge on any atom is -0.129 e. The van der Waals surface area contributed by atoms with E-state index in [1.54, 1.807) is 11.8 Å². The summed E-state index contributed by atoms with van der Waals surface area (Å²) in [5, 5.41) is 0.0331. The average molecular weight is 291 g/mol.